The summed E-state index contributed by atoms with van der Waals surface area (Å²) in [5.41, 5.74) is 2.80. The van der Waals surface area contributed by atoms with Gasteiger partial charge in [0.1, 0.15) is 0 Å². The lowest BCUT2D eigenvalue weighted by Gasteiger charge is -2.05. The molecular weight excluding hydrogens is 216 g/mol. The second-order valence-electron chi connectivity index (χ2n) is 3.95. The molecule has 0 heteroatoms. The highest BCUT2D eigenvalue weighted by Crippen LogP contribution is 2.25. The molecule has 0 amide bonds. The molecule has 0 saturated heterocycles. The first kappa shape index (κ1) is 6.55. The molecule has 3 aromatic carbocycles. The van der Waals surface area contributed by atoms with Crippen molar-refractivity contribution in [2.45, 2.75) is 0 Å². The Bertz CT molecular complexity index is 843. The third-order valence-electron chi connectivity index (χ3n) is 2.76. The molecule has 0 spiro atoms. The van der Waals surface area contributed by atoms with Crippen LogP contribution in [-0.4, -0.2) is 0 Å². The van der Waals surface area contributed by atoms with Gasteiger partial charge in [0, 0.05) is 0 Å². The van der Waals surface area contributed by atoms with Gasteiger partial charge in [0.15, 0.2) is 0 Å². The van der Waals surface area contributed by atoms with Crippen molar-refractivity contribution in [3.8, 4) is 22.3 Å². The van der Waals surface area contributed by atoms with Gasteiger partial charge < -0.3 is 0 Å². The summed E-state index contributed by atoms with van der Waals surface area (Å²) in [6.45, 7) is 0. The van der Waals surface area contributed by atoms with Gasteiger partial charge in [0.2, 0.25) is 0 Å². The molecule has 86 valence electrons. The number of rotatable bonds is 2. The van der Waals surface area contributed by atoms with E-state index in [1.807, 2.05) is 48.5 Å². The van der Waals surface area contributed by atoms with Gasteiger partial charge in [-0.2, -0.15) is 0 Å². The lowest BCUT2D eigenvalue weighted by molar-refractivity contribution is 1.59. The van der Waals surface area contributed by atoms with Crippen molar-refractivity contribution < 1.29 is 6.85 Å². The van der Waals surface area contributed by atoms with Crippen LogP contribution in [0.15, 0.2) is 84.8 Å². The van der Waals surface area contributed by atoms with Crippen LogP contribution >= 0.6 is 0 Å². The standard InChI is InChI=1S/C18H14/c1-3-8-15(9-4-1)17-12-7-13-18(14-17)16-10-5-2-6-11-16/h1-14H/i1D,3D,4D,8D,9D. The maximum Gasteiger partial charge on any atom is 0.0629 e. The minimum Gasteiger partial charge on any atom is -0.0622 e. The Morgan fingerprint density at radius 2 is 1.17 bits per heavy atom. The van der Waals surface area contributed by atoms with E-state index >= 15 is 0 Å². The van der Waals surface area contributed by atoms with E-state index in [-0.39, 0.29) is 35.8 Å². The minimum absolute atomic E-state index is 0.179. The Morgan fingerprint density at radius 1 is 0.556 bits per heavy atom. The van der Waals surface area contributed by atoms with Crippen molar-refractivity contribution in [3.63, 3.8) is 0 Å². The number of benzene rings is 3. The van der Waals surface area contributed by atoms with E-state index in [1.54, 1.807) is 6.07 Å². The highest BCUT2D eigenvalue weighted by Gasteiger charge is 2.00. The van der Waals surface area contributed by atoms with Gasteiger partial charge in [-0.3, -0.25) is 0 Å². The molecule has 0 unspecified atom stereocenters. The molecule has 0 heterocycles. The van der Waals surface area contributed by atoms with Crippen molar-refractivity contribution in [3.05, 3.63) is 84.8 Å². The Labute approximate surface area is 115 Å². The predicted octanol–water partition coefficient (Wildman–Crippen LogP) is 5.02. The van der Waals surface area contributed by atoms with Crippen LogP contribution in [0.5, 0.6) is 0 Å². The van der Waals surface area contributed by atoms with Gasteiger partial charge >= 0.3 is 0 Å². The summed E-state index contributed by atoms with van der Waals surface area (Å²) in [4.78, 5) is 0. The van der Waals surface area contributed by atoms with Crippen LogP contribution in [0.3, 0.4) is 0 Å². The quantitative estimate of drug-likeness (QED) is 0.585. The van der Waals surface area contributed by atoms with Crippen molar-refractivity contribution in [1.82, 2.24) is 0 Å². The molecule has 0 aliphatic carbocycles. The Hall–Kier alpha value is -2.34. The van der Waals surface area contributed by atoms with Crippen LogP contribution in [-0.2, 0) is 0 Å². The molecule has 0 aliphatic heterocycles. The average Bonchev–Trinajstić information content (AvgIpc) is 2.59. The zero-order chi connectivity index (χ0) is 16.6. The van der Waals surface area contributed by atoms with E-state index in [9.17, 15) is 0 Å². The summed E-state index contributed by atoms with van der Waals surface area (Å²) in [7, 11) is 0. The summed E-state index contributed by atoms with van der Waals surface area (Å²) in [5.74, 6) is 0. The summed E-state index contributed by atoms with van der Waals surface area (Å²) in [5, 5.41) is 0. The van der Waals surface area contributed by atoms with E-state index in [0.29, 0.717) is 5.56 Å². The van der Waals surface area contributed by atoms with Crippen molar-refractivity contribution in [2.75, 3.05) is 0 Å². The van der Waals surface area contributed by atoms with Crippen LogP contribution < -0.4 is 0 Å². The van der Waals surface area contributed by atoms with Crippen LogP contribution in [0, 0.1) is 0 Å². The molecule has 0 N–H and O–H groups in total. The second-order valence-corrected chi connectivity index (χ2v) is 3.95. The Morgan fingerprint density at radius 3 is 1.89 bits per heavy atom. The Kier molecular flexibility index (Phi) is 1.78. The first-order valence-electron chi connectivity index (χ1n) is 8.23. The summed E-state index contributed by atoms with van der Waals surface area (Å²) >= 11 is 0. The van der Waals surface area contributed by atoms with E-state index in [1.165, 1.54) is 0 Å². The molecule has 0 fully saturated rings. The zero-order valence-electron chi connectivity index (χ0n) is 14.7. The fourth-order valence-corrected chi connectivity index (χ4v) is 1.88. The third-order valence-corrected chi connectivity index (χ3v) is 2.76. The van der Waals surface area contributed by atoms with Crippen LogP contribution in [0.25, 0.3) is 22.3 Å². The molecular formula is C18H14. The first-order chi connectivity index (χ1) is 11.0. The van der Waals surface area contributed by atoms with Crippen LogP contribution in [0.4, 0.5) is 0 Å². The topological polar surface area (TPSA) is 0 Å². The average molecular weight is 235 g/mol. The van der Waals surface area contributed by atoms with Gasteiger partial charge in [0.05, 0.1) is 6.85 Å². The summed E-state index contributed by atoms with van der Waals surface area (Å²) in [6, 6.07) is 15.8. The lowest BCUT2D eigenvalue weighted by atomic mass is 9.99. The highest BCUT2D eigenvalue weighted by molar-refractivity contribution is 5.72. The van der Waals surface area contributed by atoms with Gasteiger partial charge in [-0.15, -0.1) is 0 Å². The van der Waals surface area contributed by atoms with E-state index < -0.39 is 0 Å². The van der Waals surface area contributed by atoms with Gasteiger partial charge in [-0.25, -0.2) is 0 Å². The van der Waals surface area contributed by atoms with E-state index in [4.69, 9.17) is 6.85 Å². The molecule has 0 aliphatic rings. The molecule has 0 radical (unpaired) electrons. The number of hydrogen-bond donors (Lipinski definition) is 0. The summed E-state index contributed by atoms with van der Waals surface area (Å²) < 4.78 is 39.4. The zero-order valence-corrected chi connectivity index (χ0v) is 9.70. The molecule has 0 aromatic heterocycles. The first-order valence-corrected chi connectivity index (χ1v) is 5.73. The van der Waals surface area contributed by atoms with Crippen LogP contribution in [0.1, 0.15) is 6.85 Å². The highest BCUT2D eigenvalue weighted by atomic mass is 14.0. The van der Waals surface area contributed by atoms with Gasteiger partial charge in [-0.05, 0) is 28.3 Å². The monoisotopic (exact) mass is 235 g/mol. The molecule has 3 rings (SSSR count). The smallest absolute Gasteiger partial charge is 0.0622 e. The third kappa shape index (κ3) is 2.18. The van der Waals surface area contributed by atoms with Crippen molar-refractivity contribution >= 4 is 0 Å². The fraction of sp³-hybridized carbons (Fsp3) is 0. The Balaban J connectivity index is 2.21. The SMILES string of the molecule is [2H]c1c([2H])c([2H])c(-c2cccc(-c3ccccc3)c2)c([2H])c1[2H]. The van der Waals surface area contributed by atoms with E-state index in [0.717, 1.165) is 11.1 Å². The normalized spacial score (nSPS) is 14.1. The summed E-state index contributed by atoms with van der Waals surface area (Å²) in [6.07, 6.45) is 0. The molecule has 18 heavy (non-hydrogen) atoms. The number of hydrogen-bond acceptors (Lipinski definition) is 0. The lowest BCUT2D eigenvalue weighted by Crippen LogP contribution is -1.80. The fourth-order valence-electron chi connectivity index (χ4n) is 1.88. The molecule has 0 nitrogen and oxygen atoms in total. The minimum atomic E-state index is -0.372. The molecule has 3 aromatic rings. The van der Waals surface area contributed by atoms with E-state index in [2.05, 4.69) is 0 Å². The van der Waals surface area contributed by atoms with Gasteiger partial charge in [-0.1, -0.05) is 78.7 Å². The molecule has 0 bridgehead atoms. The molecule has 0 atom stereocenters. The van der Waals surface area contributed by atoms with Crippen molar-refractivity contribution in [2.24, 2.45) is 0 Å². The predicted molar refractivity (Wildman–Crippen MR) is 77.3 cm³/mol. The molecule has 0 saturated carbocycles. The van der Waals surface area contributed by atoms with Crippen molar-refractivity contribution in [1.29, 1.82) is 0 Å². The largest absolute Gasteiger partial charge is 0.0629 e. The maximum atomic E-state index is 8.08. The van der Waals surface area contributed by atoms with Gasteiger partial charge in [0.25, 0.3) is 0 Å². The maximum absolute atomic E-state index is 8.08. The second kappa shape index (κ2) is 4.89. The van der Waals surface area contributed by atoms with Crippen LogP contribution in [0.2, 0.25) is 0 Å².